The molecule has 6 heteroatoms. The fourth-order valence-corrected chi connectivity index (χ4v) is 5.72. The van der Waals surface area contributed by atoms with Crippen molar-refractivity contribution in [2.75, 3.05) is 20.6 Å². The molecule has 0 aromatic carbocycles. The van der Waals surface area contributed by atoms with E-state index < -0.39 is 0 Å². The van der Waals surface area contributed by atoms with Crippen molar-refractivity contribution in [1.29, 1.82) is 0 Å². The Hall–Kier alpha value is -1.50. The molecular formula is C20H26N3OS2+. The average Bonchev–Trinajstić information content (AvgIpc) is 3.43. The summed E-state index contributed by atoms with van der Waals surface area (Å²) >= 11 is 3.41. The molecule has 0 unspecified atom stereocenters. The number of amides is 1. The lowest BCUT2D eigenvalue weighted by molar-refractivity contribution is -0.907. The first-order valence-electron chi connectivity index (χ1n) is 9.34. The van der Waals surface area contributed by atoms with Gasteiger partial charge in [-0.05, 0) is 48.6 Å². The number of hydrogen-bond acceptors (Lipinski definition) is 4. The third-order valence-electron chi connectivity index (χ3n) is 5.70. The molecule has 0 saturated heterocycles. The lowest BCUT2D eigenvalue weighted by atomic mass is 10.1. The third-order valence-corrected chi connectivity index (χ3v) is 7.59. The maximum atomic E-state index is 13.2. The molecule has 4 nitrogen and oxygen atoms in total. The van der Waals surface area contributed by atoms with Crippen LogP contribution in [0, 0.1) is 0 Å². The summed E-state index contributed by atoms with van der Waals surface area (Å²) in [7, 11) is 4.40. The third kappa shape index (κ3) is 3.50. The largest absolute Gasteiger partial charge is 0.318 e. The summed E-state index contributed by atoms with van der Waals surface area (Å²) in [5.74, 6) is 0.145. The van der Waals surface area contributed by atoms with Crippen LogP contribution in [0.2, 0.25) is 0 Å². The first-order valence-corrected chi connectivity index (χ1v) is 11.1. The summed E-state index contributed by atoms with van der Waals surface area (Å²) in [6.45, 7) is 0.522. The van der Waals surface area contributed by atoms with Gasteiger partial charge in [0, 0.05) is 11.3 Å². The second-order valence-electron chi connectivity index (χ2n) is 7.87. The zero-order valence-corrected chi connectivity index (χ0v) is 17.1. The van der Waals surface area contributed by atoms with Gasteiger partial charge in [-0.3, -0.25) is 4.79 Å². The molecule has 0 radical (unpaired) electrons. The number of carbonyl (C=O) groups excluding carboxylic acids is 1. The highest BCUT2D eigenvalue weighted by atomic mass is 32.1. The van der Waals surface area contributed by atoms with Gasteiger partial charge in [-0.1, -0.05) is 12.1 Å². The van der Waals surface area contributed by atoms with Gasteiger partial charge in [0.05, 0.1) is 36.8 Å². The topological polar surface area (TPSA) is 32.7 Å². The highest BCUT2D eigenvalue weighted by Gasteiger charge is 2.39. The molecule has 1 aliphatic carbocycles. The van der Waals surface area contributed by atoms with Crippen molar-refractivity contribution in [3.63, 3.8) is 0 Å². The van der Waals surface area contributed by atoms with E-state index in [1.807, 2.05) is 6.07 Å². The SMILES string of the molecule is C[N+](C)(CC(=O)N1N=C(c2cccs2)C[C@@H]1c1cccs1)C1CCCC1. The first kappa shape index (κ1) is 17.9. The van der Waals surface area contributed by atoms with Crippen LogP contribution in [0.25, 0.3) is 0 Å². The smallest absolute Gasteiger partial charge is 0.298 e. The number of quaternary nitrogens is 1. The second kappa shape index (κ2) is 7.25. The van der Waals surface area contributed by atoms with Crippen LogP contribution >= 0.6 is 22.7 Å². The number of thiophene rings is 2. The van der Waals surface area contributed by atoms with Crippen molar-refractivity contribution in [2.45, 2.75) is 44.2 Å². The van der Waals surface area contributed by atoms with Gasteiger partial charge in [-0.15, -0.1) is 22.7 Å². The van der Waals surface area contributed by atoms with Crippen molar-refractivity contribution in [3.05, 3.63) is 44.8 Å². The zero-order chi connectivity index (χ0) is 18.1. The number of rotatable bonds is 5. The first-order chi connectivity index (χ1) is 12.5. The second-order valence-corrected chi connectivity index (χ2v) is 9.80. The quantitative estimate of drug-likeness (QED) is 0.694. The number of hydrogen-bond donors (Lipinski definition) is 0. The Morgan fingerprint density at radius 3 is 2.58 bits per heavy atom. The van der Waals surface area contributed by atoms with Crippen LogP contribution in [0.3, 0.4) is 0 Å². The summed E-state index contributed by atoms with van der Waals surface area (Å²) in [6.07, 6.45) is 5.87. The van der Waals surface area contributed by atoms with E-state index >= 15 is 0 Å². The highest BCUT2D eigenvalue weighted by Crippen LogP contribution is 2.36. The van der Waals surface area contributed by atoms with Crippen molar-refractivity contribution in [2.24, 2.45) is 5.10 Å². The van der Waals surface area contributed by atoms with Crippen LogP contribution in [-0.4, -0.2) is 47.8 Å². The number of nitrogens with zero attached hydrogens (tertiary/aromatic N) is 3. The molecule has 3 heterocycles. The summed E-state index contributed by atoms with van der Waals surface area (Å²) < 4.78 is 0.774. The van der Waals surface area contributed by atoms with Gasteiger partial charge in [0.1, 0.15) is 0 Å². The molecule has 26 heavy (non-hydrogen) atoms. The maximum Gasteiger partial charge on any atom is 0.298 e. The summed E-state index contributed by atoms with van der Waals surface area (Å²) in [6, 6.07) is 8.98. The average molecular weight is 389 g/mol. The van der Waals surface area contributed by atoms with Crippen LogP contribution < -0.4 is 0 Å². The predicted octanol–water partition coefficient (Wildman–Crippen LogP) is 4.51. The molecule has 1 atom stereocenters. The van der Waals surface area contributed by atoms with Gasteiger partial charge in [-0.25, -0.2) is 5.01 Å². The molecule has 1 amide bonds. The molecule has 0 spiro atoms. The van der Waals surface area contributed by atoms with Crippen LogP contribution in [0.5, 0.6) is 0 Å². The van der Waals surface area contributed by atoms with Crippen molar-refractivity contribution >= 4 is 34.3 Å². The van der Waals surface area contributed by atoms with E-state index in [-0.39, 0.29) is 11.9 Å². The van der Waals surface area contributed by atoms with Gasteiger partial charge in [0.2, 0.25) is 0 Å². The fraction of sp³-hybridized carbons (Fsp3) is 0.500. The summed E-state index contributed by atoms with van der Waals surface area (Å²) in [4.78, 5) is 15.6. The Bertz CT molecular complexity index is 774. The number of carbonyl (C=O) groups is 1. The van der Waals surface area contributed by atoms with E-state index in [1.54, 1.807) is 27.7 Å². The van der Waals surface area contributed by atoms with E-state index in [0.29, 0.717) is 12.6 Å². The van der Waals surface area contributed by atoms with Crippen LogP contribution in [-0.2, 0) is 4.79 Å². The Balaban J connectivity index is 1.57. The minimum atomic E-state index is 0.0446. The van der Waals surface area contributed by atoms with E-state index in [4.69, 9.17) is 5.10 Å². The van der Waals surface area contributed by atoms with Crippen LogP contribution in [0.1, 0.15) is 47.9 Å². The minimum absolute atomic E-state index is 0.0446. The number of hydrazone groups is 1. The predicted molar refractivity (Wildman–Crippen MR) is 109 cm³/mol. The molecule has 4 rings (SSSR count). The minimum Gasteiger partial charge on any atom is -0.318 e. The van der Waals surface area contributed by atoms with Gasteiger partial charge in [0.15, 0.2) is 6.54 Å². The maximum absolute atomic E-state index is 13.2. The van der Waals surface area contributed by atoms with Crippen molar-refractivity contribution in [3.8, 4) is 0 Å². The monoisotopic (exact) mass is 388 g/mol. The molecule has 1 aliphatic heterocycles. The van der Waals surface area contributed by atoms with E-state index in [2.05, 4.69) is 43.1 Å². The van der Waals surface area contributed by atoms with E-state index in [1.165, 1.54) is 35.4 Å². The Morgan fingerprint density at radius 1 is 1.19 bits per heavy atom. The van der Waals surface area contributed by atoms with Gasteiger partial charge in [0.25, 0.3) is 5.91 Å². The van der Waals surface area contributed by atoms with Crippen LogP contribution in [0.4, 0.5) is 0 Å². The Labute approximate surface area is 163 Å². The van der Waals surface area contributed by atoms with Gasteiger partial charge in [-0.2, -0.15) is 5.10 Å². The summed E-state index contributed by atoms with van der Waals surface area (Å²) in [5.41, 5.74) is 1.04. The van der Waals surface area contributed by atoms with Crippen molar-refractivity contribution < 1.29 is 9.28 Å². The van der Waals surface area contributed by atoms with Crippen LogP contribution in [0.15, 0.2) is 40.1 Å². The number of likely N-dealkylation sites (N-methyl/N-ethyl adjacent to an activating group) is 1. The normalized spacial score (nSPS) is 21.4. The van der Waals surface area contributed by atoms with E-state index in [9.17, 15) is 4.79 Å². The molecule has 138 valence electrons. The lowest BCUT2D eigenvalue weighted by Crippen LogP contribution is -2.53. The molecule has 0 bridgehead atoms. The zero-order valence-electron chi connectivity index (χ0n) is 15.4. The lowest BCUT2D eigenvalue weighted by Gasteiger charge is -2.36. The van der Waals surface area contributed by atoms with Gasteiger partial charge < -0.3 is 4.48 Å². The van der Waals surface area contributed by atoms with Crippen molar-refractivity contribution in [1.82, 2.24) is 5.01 Å². The standard InChI is InChI=1S/C20H26N3OS2/c1-23(2,15-7-3-4-8-15)14-20(24)22-17(19-10-6-12-26-19)13-16(21-22)18-9-5-11-25-18/h5-6,9-12,15,17H,3-4,7-8,13-14H2,1-2H3/q+1/t17-/m1/s1. The molecule has 2 aromatic rings. The summed E-state index contributed by atoms with van der Waals surface area (Å²) in [5, 5.41) is 10.7. The van der Waals surface area contributed by atoms with E-state index in [0.717, 1.165) is 16.6 Å². The Kier molecular flexibility index (Phi) is 4.99. The molecule has 2 aromatic heterocycles. The Morgan fingerprint density at radius 2 is 1.92 bits per heavy atom. The van der Waals surface area contributed by atoms with Gasteiger partial charge >= 0.3 is 0 Å². The molecule has 2 aliphatic rings. The fourth-order valence-electron chi connectivity index (χ4n) is 4.19. The highest BCUT2D eigenvalue weighted by molar-refractivity contribution is 7.12. The molecule has 0 N–H and O–H groups in total. The molecular weight excluding hydrogens is 362 g/mol. The molecule has 1 saturated carbocycles. The molecule has 1 fully saturated rings.